The van der Waals surface area contributed by atoms with Gasteiger partial charge in [-0.1, -0.05) is 6.07 Å². The van der Waals surface area contributed by atoms with Crippen LogP contribution in [0.4, 0.5) is 18.6 Å². The molecule has 0 amide bonds. The van der Waals surface area contributed by atoms with Crippen LogP contribution in [0.1, 0.15) is 0 Å². The normalized spacial score (nSPS) is 10.4. The van der Waals surface area contributed by atoms with Gasteiger partial charge < -0.3 is 17.7 Å². The Bertz CT molecular complexity index is 374. The van der Waals surface area contributed by atoms with E-state index in [9.17, 15) is 23.1 Å². The van der Waals surface area contributed by atoms with E-state index in [0.29, 0.717) is 0 Å². The molecule has 1 aromatic carbocycles. The summed E-state index contributed by atoms with van der Waals surface area (Å²) in [6.07, 6.45) is 0. The molecule has 0 N–H and O–H groups in total. The fraction of sp³-hybridized carbons (Fsp3) is 0.143. The van der Waals surface area contributed by atoms with Gasteiger partial charge in [0.15, 0.2) is 0 Å². The number of non-ortho nitro benzene ring substituents is 1. The summed E-state index contributed by atoms with van der Waals surface area (Å²) in [5.41, 5.74) is -0.304. The topological polar surface area (TPSA) is 52.4 Å². The summed E-state index contributed by atoms with van der Waals surface area (Å²) >= 11 is 0. The molecule has 4 nitrogen and oxygen atoms in total. The van der Waals surface area contributed by atoms with Crippen LogP contribution in [0.3, 0.4) is 0 Å². The van der Waals surface area contributed by atoms with E-state index in [4.69, 9.17) is 0 Å². The fourth-order valence-corrected chi connectivity index (χ4v) is 0.878. The molecule has 0 spiro atoms. The third-order valence-corrected chi connectivity index (χ3v) is 1.47. The van der Waals surface area contributed by atoms with Crippen LogP contribution in [0.5, 0.6) is 5.75 Å². The Hall–Kier alpha value is -0.0887. The molecule has 0 saturated heterocycles. The Labute approximate surface area is 132 Å². The summed E-state index contributed by atoms with van der Waals surface area (Å²) in [5, 5.41) is 10.3. The minimum absolute atomic E-state index is 0. The Morgan fingerprint density at radius 3 is 2.50 bits per heavy atom. The Balaban J connectivity index is 0.00000225. The van der Waals surface area contributed by atoms with Crippen LogP contribution in [-0.2, 0) is 0 Å². The molecule has 16 heavy (non-hydrogen) atoms. The molecule has 0 aliphatic heterocycles. The van der Waals surface area contributed by atoms with E-state index in [1.807, 2.05) is 0 Å². The van der Waals surface area contributed by atoms with Gasteiger partial charge in [-0.2, -0.15) is 0 Å². The maximum atomic E-state index is 11.8. The first kappa shape index (κ1) is 15.9. The maximum Gasteiger partial charge on any atom is 1.00 e. The molecule has 0 atom stereocenters. The van der Waals surface area contributed by atoms with Crippen LogP contribution in [-0.4, -0.2) is 18.4 Å². The van der Waals surface area contributed by atoms with Gasteiger partial charge in [-0.25, -0.2) is 0 Å². The molecule has 0 radical (unpaired) electrons. The van der Waals surface area contributed by atoms with Gasteiger partial charge in [-0.15, -0.1) is 0 Å². The third kappa shape index (κ3) is 5.85. The monoisotopic (exact) mass is 259 g/mol. The second-order valence-corrected chi connectivity index (χ2v) is 2.78. The molecule has 0 aromatic heterocycles. The predicted octanol–water partition coefficient (Wildman–Crippen LogP) is -0.636. The number of nitro groups is 1. The molecule has 0 aliphatic rings. The molecule has 9 heteroatoms. The number of rotatable bonds is 4. The first-order chi connectivity index (χ1) is 6.88. The number of nitro benzene ring substituents is 1. The van der Waals surface area contributed by atoms with Crippen molar-refractivity contribution in [3.8, 4) is 5.75 Å². The van der Waals surface area contributed by atoms with Crippen LogP contribution < -0.4 is 56.1 Å². The van der Waals surface area contributed by atoms with E-state index >= 15 is 0 Å². The van der Waals surface area contributed by atoms with Gasteiger partial charge in [0.2, 0.25) is 0 Å². The number of halogens is 3. The molecular formula is C7H6BF3KNO3. The summed E-state index contributed by atoms with van der Waals surface area (Å²) in [5.74, 6) is -0.164. The standard InChI is InChI=1S/C7H6BF3NO3.K/c9-8(10,11)5-15-7-3-1-2-6(4-7)12(13)14;/h1-4H,5H2;/q-1;+1. The molecule has 0 fully saturated rings. The van der Waals surface area contributed by atoms with E-state index < -0.39 is 18.4 Å². The van der Waals surface area contributed by atoms with Crippen molar-refractivity contribution in [3.05, 3.63) is 34.4 Å². The van der Waals surface area contributed by atoms with E-state index in [1.165, 1.54) is 18.2 Å². The van der Waals surface area contributed by atoms with Crippen LogP contribution in [0.25, 0.3) is 0 Å². The second kappa shape index (κ2) is 6.60. The number of hydrogen-bond acceptors (Lipinski definition) is 3. The summed E-state index contributed by atoms with van der Waals surface area (Å²) in [7, 11) is 0. The van der Waals surface area contributed by atoms with Crippen molar-refractivity contribution < 1.29 is 74.0 Å². The van der Waals surface area contributed by atoms with Crippen LogP contribution in [0, 0.1) is 10.1 Å². The first-order valence-corrected chi connectivity index (χ1v) is 3.97. The van der Waals surface area contributed by atoms with Crippen molar-refractivity contribution >= 4 is 12.7 Å². The molecule has 0 saturated carbocycles. The molecule has 0 heterocycles. The van der Waals surface area contributed by atoms with Gasteiger partial charge in [0.05, 0.1) is 17.5 Å². The van der Waals surface area contributed by atoms with Crippen LogP contribution in [0.2, 0.25) is 0 Å². The van der Waals surface area contributed by atoms with Crippen LogP contribution in [0.15, 0.2) is 24.3 Å². The van der Waals surface area contributed by atoms with E-state index in [0.717, 1.165) is 6.07 Å². The predicted molar refractivity (Wildman–Crippen MR) is 47.7 cm³/mol. The van der Waals surface area contributed by atoms with Crippen molar-refractivity contribution in [2.75, 3.05) is 6.51 Å². The van der Waals surface area contributed by atoms with Gasteiger partial charge in [-0.05, 0) is 6.07 Å². The van der Waals surface area contributed by atoms with Gasteiger partial charge >= 0.3 is 58.4 Å². The zero-order valence-corrected chi connectivity index (χ0v) is 11.5. The van der Waals surface area contributed by atoms with Crippen molar-refractivity contribution in [1.29, 1.82) is 0 Å². The number of hydrogen-bond donors (Lipinski definition) is 0. The molecular weight excluding hydrogens is 253 g/mol. The van der Waals surface area contributed by atoms with E-state index in [1.54, 1.807) is 0 Å². The smallest absolute Gasteiger partial charge is 0.521 e. The number of ether oxygens (including phenoxy) is 1. The second-order valence-electron chi connectivity index (χ2n) is 2.78. The average molecular weight is 259 g/mol. The van der Waals surface area contributed by atoms with Gasteiger partial charge in [0, 0.05) is 6.07 Å². The van der Waals surface area contributed by atoms with E-state index in [2.05, 4.69) is 4.74 Å². The zero-order chi connectivity index (χ0) is 11.5. The first-order valence-electron chi connectivity index (χ1n) is 3.97. The molecule has 82 valence electrons. The Kier molecular flexibility index (Phi) is 6.56. The number of nitrogens with zero attached hydrogens (tertiary/aromatic N) is 1. The van der Waals surface area contributed by atoms with Gasteiger partial charge in [0.1, 0.15) is 5.75 Å². The van der Waals surface area contributed by atoms with Gasteiger partial charge in [0.25, 0.3) is 5.69 Å². The Morgan fingerprint density at radius 2 is 2.00 bits per heavy atom. The summed E-state index contributed by atoms with van der Waals surface area (Å²) in [6, 6.07) is 4.61. The van der Waals surface area contributed by atoms with Crippen LogP contribution >= 0.6 is 0 Å². The zero-order valence-electron chi connectivity index (χ0n) is 8.40. The van der Waals surface area contributed by atoms with Crippen molar-refractivity contribution in [3.63, 3.8) is 0 Å². The van der Waals surface area contributed by atoms with E-state index in [-0.39, 0.29) is 62.8 Å². The SMILES string of the molecule is O=[N+]([O-])c1cccc(OC[B-](F)(F)F)c1.[K+]. The fourth-order valence-electron chi connectivity index (χ4n) is 0.878. The largest absolute Gasteiger partial charge is 1.00 e. The van der Waals surface area contributed by atoms with Crippen molar-refractivity contribution in [2.45, 2.75) is 0 Å². The molecule has 0 unspecified atom stereocenters. The minimum Gasteiger partial charge on any atom is -0.521 e. The minimum atomic E-state index is -5.05. The van der Waals surface area contributed by atoms with Crippen molar-refractivity contribution in [2.24, 2.45) is 0 Å². The quantitative estimate of drug-likeness (QED) is 0.411. The third-order valence-electron chi connectivity index (χ3n) is 1.47. The van der Waals surface area contributed by atoms with Crippen molar-refractivity contribution in [1.82, 2.24) is 0 Å². The Morgan fingerprint density at radius 1 is 1.38 bits per heavy atom. The summed E-state index contributed by atoms with van der Waals surface area (Å²) in [4.78, 5) is 9.58. The summed E-state index contributed by atoms with van der Waals surface area (Å²) < 4.78 is 39.8. The molecule has 0 bridgehead atoms. The molecule has 0 aliphatic carbocycles. The number of benzene rings is 1. The average Bonchev–Trinajstić information content (AvgIpc) is 2.14. The summed E-state index contributed by atoms with van der Waals surface area (Å²) in [6.45, 7) is -6.45. The molecule has 1 rings (SSSR count). The van der Waals surface area contributed by atoms with Gasteiger partial charge in [-0.3, -0.25) is 10.1 Å². The maximum absolute atomic E-state index is 11.8. The molecule has 1 aromatic rings.